The third-order valence-electron chi connectivity index (χ3n) is 8.31. The van der Waals surface area contributed by atoms with E-state index >= 15 is 0 Å². The van der Waals surface area contributed by atoms with E-state index in [0.717, 1.165) is 0 Å². The van der Waals surface area contributed by atoms with E-state index in [2.05, 4.69) is 0 Å². The second-order valence-corrected chi connectivity index (χ2v) is 10.5. The third-order valence-corrected chi connectivity index (χ3v) is 8.31. The van der Waals surface area contributed by atoms with Gasteiger partial charge in [0.05, 0.1) is 26.0 Å². The van der Waals surface area contributed by atoms with Crippen LogP contribution in [0.2, 0.25) is 0 Å². The first-order valence-corrected chi connectivity index (χ1v) is 13.8. The molecule has 0 aliphatic carbocycles. The zero-order chi connectivity index (χ0) is 45.3. The first-order chi connectivity index (χ1) is 29.8. The highest BCUT2D eigenvalue weighted by Crippen LogP contribution is 2.49. The van der Waals surface area contributed by atoms with Crippen LogP contribution in [-0.4, -0.2) is 0 Å². The molecule has 0 radical (unpaired) electrons. The molecule has 0 heterocycles. The van der Waals surface area contributed by atoms with Crippen molar-refractivity contribution in [1.29, 1.82) is 0 Å². The van der Waals surface area contributed by atoms with Crippen LogP contribution < -0.4 is 0 Å². The Morgan fingerprint density at radius 1 is 0.295 bits per heavy atom. The van der Waals surface area contributed by atoms with Gasteiger partial charge < -0.3 is 0 Å². The topological polar surface area (TPSA) is 0 Å². The average molecular weight is 574 g/mol. The molecule has 0 atom stereocenters. The van der Waals surface area contributed by atoms with Crippen molar-refractivity contribution >= 4 is 75.4 Å². The molecule has 0 aliphatic heterocycles. The van der Waals surface area contributed by atoms with E-state index in [0.29, 0.717) is 16.3 Å². The van der Waals surface area contributed by atoms with Crippen LogP contribution in [0.3, 0.4) is 0 Å². The second kappa shape index (κ2) is 8.89. The first kappa shape index (κ1) is 12.1. The summed E-state index contributed by atoms with van der Waals surface area (Å²) in [5.41, 5.74) is -0.533. The Hall–Kier alpha value is -5.72. The minimum atomic E-state index is -0.775. The van der Waals surface area contributed by atoms with Gasteiger partial charge >= 0.3 is 0 Å². The van der Waals surface area contributed by atoms with Crippen molar-refractivity contribution in [2.24, 2.45) is 0 Å². The molecule has 0 saturated carbocycles. The highest BCUT2D eigenvalue weighted by molar-refractivity contribution is 6.33. The van der Waals surface area contributed by atoms with E-state index < -0.39 is 126 Å². The van der Waals surface area contributed by atoms with Gasteiger partial charge in [0.1, 0.15) is 0 Å². The van der Waals surface area contributed by atoms with Gasteiger partial charge in [-0.25, -0.2) is 0 Å². The molecule has 0 heteroatoms. The molecule has 0 unspecified atom stereocenters. The Kier molecular flexibility index (Phi) is 2.45. The van der Waals surface area contributed by atoms with E-state index in [1.165, 1.54) is 0 Å². The van der Waals surface area contributed by atoms with Gasteiger partial charge in [-0.15, -0.1) is 0 Å². The lowest BCUT2D eigenvalue weighted by atomic mass is 9.81. The molecule has 0 nitrogen and oxygen atoms in total. The summed E-state index contributed by atoms with van der Waals surface area (Å²) < 4.78 is 175. The summed E-state index contributed by atoms with van der Waals surface area (Å²) in [4.78, 5) is 0. The van der Waals surface area contributed by atoms with Gasteiger partial charge in [-0.2, -0.15) is 0 Å². The molecule has 44 heavy (non-hydrogen) atoms. The molecular weight excluding hydrogens is 528 g/mol. The SMILES string of the molecule is [2H]c1c([2H])c([2H])c2c(-c3c([2H])c([2H])c4c([2H])c([2H])c5c([2H])c([2H])c([2H])c6c([2H])c([2H])c3c4c56)c3c(c([2H])c([2H])c4c([2H])c([2H])c([2H])c([2H])c43)c(-c3cccc4ccccc34)c2c1[2H]. The molecule has 0 bridgehead atoms. The molecule has 0 N–H and O–H groups in total. The minimum Gasteiger partial charge on any atom is -0.0616 e. The van der Waals surface area contributed by atoms with Gasteiger partial charge in [-0.3, -0.25) is 0 Å². The first-order valence-electron chi connectivity index (χ1n) is 23.3. The van der Waals surface area contributed by atoms with Crippen molar-refractivity contribution in [3.63, 3.8) is 0 Å². The maximum absolute atomic E-state index is 9.77. The molecule has 0 saturated heterocycles. The van der Waals surface area contributed by atoms with E-state index in [4.69, 9.17) is 13.7 Å². The lowest BCUT2D eigenvalue weighted by molar-refractivity contribution is 1.70. The van der Waals surface area contributed by atoms with Crippen LogP contribution >= 0.6 is 0 Å². The molecule has 10 aromatic carbocycles. The predicted octanol–water partition coefficient (Wildman–Crippen LogP) is 12.5. The fourth-order valence-electron chi connectivity index (χ4n) is 6.49. The van der Waals surface area contributed by atoms with Crippen molar-refractivity contribution in [3.05, 3.63) is 157 Å². The smallest absolute Gasteiger partial charge is 0.0616 e. The monoisotopic (exact) mass is 573 g/mol. The quantitative estimate of drug-likeness (QED) is 0.142. The molecule has 0 aromatic heterocycles. The summed E-state index contributed by atoms with van der Waals surface area (Å²) in [5, 5.41) is -2.45. The largest absolute Gasteiger partial charge is 0.0630 e. The van der Waals surface area contributed by atoms with Crippen LogP contribution in [0.4, 0.5) is 0 Å². The molecule has 0 aliphatic rings. The Labute approximate surface area is 281 Å². The van der Waals surface area contributed by atoms with Crippen molar-refractivity contribution < 1.29 is 26.0 Å². The summed E-state index contributed by atoms with van der Waals surface area (Å²) in [6, 6.07) is -0.855. The van der Waals surface area contributed by atoms with Crippen LogP contribution in [0.5, 0.6) is 0 Å². The van der Waals surface area contributed by atoms with Crippen molar-refractivity contribution in [2.75, 3.05) is 0 Å². The van der Waals surface area contributed by atoms with Gasteiger partial charge in [-0.1, -0.05) is 157 Å². The summed E-state index contributed by atoms with van der Waals surface area (Å²) in [5.74, 6) is 0. The van der Waals surface area contributed by atoms with E-state index in [1.807, 2.05) is 0 Å². The fraction of sp³-hybridized carbons (Fsp3) is 0. The number of rotatable bonds is 2. The minimum absolute atomic E-state index is 0.00376. The normalized spacial score (nSPS) is 18.1. The standard InChI is InChI=1S/C44H26/c1-3-14-32-27(9-1)11-8-18-34(32)42-35-16-5-6-17-36(35)44(43-33-15-4-2-10-28(33)21-26-39(42)43)38-25-23-31-20-19-29-12-7-13-30-22-24-37(38)41(31)40(29)30/h1-26H/i2D,4D,5D,6D,7D,10D,12D,13D,15D,16D,17D,19D,20D,21D,22D,23D,24D,25D,26D. The Morgan fingerprint density at radius 2 is 0.909 bits per heavy atom. The van der Waals surface area contributed by atoms with Gasteiger partial charge in [0.2, 0.25) is 0 Å². The lowest BCUT2D eigenvalue weighted by Gasteiger charge is -2.22. The molecule has 0 spiro atoms. The van der Waals surface area contributed by atoms with E-state index in [1.54, 1.807) is 42.5 Å². The van der Waals surface area contributed by atoms with Crippen molar-refractivity contribution in [1.82, 2.24) is 0 Å². The Balaban J connectivity index is 1.67. The Bertz CT molecular complexity index is 3810. The van der Waals surface area contributed by atoms with Gasteiger partial charge in [0.25, 0.3) is 0 Å². The third kappa shape index (κ3) is 3.17. The van der Waals surface area contributed by atoms with Crippen LogP contribution in [0.1, 0.15) is 26.0 Å². The van der Waals surface area contributed by atoms with E-state index in [-0.39, 0.29) is 70.4 Å². The molecule has 0 fully saturated rings. The van der Waals surface area contributed by atoms with Crippen molar-refractivity contribution in [3.8, 4) is 22.3 Å². The second-order valence-electron chi connectivity index (χ2n) is 10.5. The zero-order valence-corrected chi connectivity index (χ0v) is 22.5. The molecule has 202 valence electrons. The summed E-state index contributed by atoms with van der Waals surface area (Å²) in [7, 11) is 0. The van der Waals surface area contributed by atoms with Crippen LogP contribution in [0.25, 0.3) is 97.7 Å². The number of fused-ring (bicyclic) bond motifs is 5. The van der Waals surface area contributed by atoms with Gasteiger partial charge in [-0.05, 0) is 97.7 Å². The van der Waals surface area contributed by atoms with Gasteiger partial charge in [0, 0.05) is 0 Å². The molecule has 10 aromatic rings. The number of benzene rings is 10. The van der Waals surface area contributed by atoms with Gasteiger partial charge in [0.15, 0.2) is 0 Å². The van der Waals surface area contributed by atoms with Crippen LogP contribution in [-0.2, 0) is 0 Å². The maximum Gasteiger partial charge on any atom is 0.0630 e. The molecular formula is C44H26. The predicted molar refractivity (Wildman–Crippen MR) is 191 cm³/mol. The fourth-order valence-corrected chi connectivity index (χ4v) is 6.49. The van der Waals surface area contributed by atoms with Crippen LogP contribution in [0.15, 0.2) is 157 Å². The lowest BCUT2D eigenvalue weighted by Crippen LogP contribution is -1.94. The highest BCUT2D eigenvalue weighted by Gasteiger charge is 2.21. The molecule has 0 amide bonds. The number of hydrogen-bond acceptors (Lipinski definition) is 0. The average Bonchev–Trinajstić information content (AvgIpc) is 3.27. The number of hydrogen-bond donors (Lipinski definition) is 0. The maximum atomic E-state index is 9.77. The van der Waals surface area contributed by atoms with E-state index in [9.17, 15) is 12.3 Å². The zero-order valence-electron chi connectivity index (χ0n) is 41.5. The van der Waals surface area contributed by atoms with Crippen LogP contribution in [0, 0.1) is 0 Å². The summed E-state index contributed by atoms with van der Waals surface area (Å²) in [6.07, 6.45) is 0. The van der Waals surface area contributed by atoms with Crippen molar-refractivity contribution in [2.45, 2.75) is 0 Å². The summed E-state index contributed by atoms with van der Waals surface area (Å²) >= 11 is 0. The Morgan fingerprint density at radius 3 is 1.77 bits per heavy atom. The molecule has 10 rings (SSSR count). The summed E-state index contributed by atoms with van der Waals surface area (Å²) in [6.45, 7) is 0. The highest BCUT2D eigenvalue weighted by atomic mass is 14.2.